The van der Waals surface area contributed by atoms with Crippen molar-refractivity contribution >= 4 is 17.8 Å². The molecule has 0 atom stereocenters. The number of carboxylic acids is 1. The number of urea groups is 1. The molecular weight excluding hydrogens is 367 g/mol. The Bertz CT molecular complexity index is 838. The Balaban J connectivity index is 1.47. The van der Waals surface area contributed by atoms with Gasteiger partial charge in [-0.3, -0.25) is 0 Å². The summed E-state index contributed by atoms with van der Waals surface area (Å²) in [6.45, 7) is 2.66. The van der Waals surface area contributed by atoms with Crippen molar-refractivity contribution in [2.45, 2.75) is 13.1 Å². The zero-order chi connectivity index (χ0) is 19.9. The first-order valence-electron chi connectivity index (χ1n) is 8.84. The fourth-order valence-corrected chi connectivity index (χ4v) is 2.77. The number of hydrogen-bond acceptors (Lipinski definition) is 5. The summed E-state index contributed by atoms with van der Waals surface area (Å²) >= 11 is 0. The fraction of sp³-hybridized carbons (Fsp3) is 0.316. The summed E-state index contributed by atoms with van der Waals surface area (Å²) in [5.41, 5.74) is 1.50. The van der Waals surface area contributed by atoms with Gasteiger partial charge in [0.05, 0.1) is 18.8 Å². The number of rotatable bonds is 6. The topological polar surface area (TPSA) is 104 Å². The molecule has 8 nitrogen and oxygen atoms in total. The average Bonchev–Trinajstić information content (AvgIpc) is 2.71. The molecule has 148 valence electrons. The van der Waals surface area contributed by atoms with Crippen LogP contribution < -0.4 is 15.5 Å². The van der Waals surface area contributed by atoms with Gasteiger partial charge < -0.3 is 25.4 Å². The van der Waals surface area contributed by atoms with Crippen LogP contribution in [0.2, 0.25) is 0 Å². The normalized spacial score (nSPS) is 13.8. The van der Waals surface area contributed by atoms with E-state index in [4.69, 9.17) is 9.84 Å². The number of nitrogens with one attached hydrogen (secondary N) is 2. The van der Waals surface area contributed by atoms with Gasteiger partial charge in [-0.1, -0.05) is 12.1 Å². The van der Waals surface area contributed by atoms with Gasteiger partial charge in [0.15, 0.2) is 11.6 Å². The number of hydrogen-bond donors (Lipinski definition) is 3. The highest BCUT2D eigenvalue weighted by atomic mass is 19.1. The highest BCUT2D eigenvalue weighted by Crippen LogP contribution is 2.18. The molecule has 0 aliphatic carbocycles. The van der Waals surface area contributed by atoms with Crippen molar-refractivity contribution in [1.29, 1.82) is 0 Å². The van der Waals surface area contributed by atoms with Gasteiger partial charge >= 0.3 is 12.0 Å². The van der Waals surface area contributed by atoms with Crippen LogP contribution in [0.15, 0.2) is 36.5 Å². The molecule has 2 heterocycles. The second-order valence-electron chi connectivity index (χ2n) is 6.29. The van der Waals surface area contributed by atoms with E-state index in [1.54, 1.807) is 18.3 Å². The van der Waals surface area contributed by atoms with E-state index in [1.807, 2.05) is 4.90 Å². The number of ether oxygens (including phenoxy) is 1. The lowest BCUT2D eigenvalue weighted by Gasteiger charge is -2.28. The first-order chi connectivity index (χ1) is 13.5. The zero-order valence-electron chi connectivity index (χ0n) is 15.2. The van der Waals surface area contributed by atoms with Crippen LogP contribution in [0.1, 0.15) is 21.5 Å². The smallest absolute Gasteiger partial charge is 0.335 e. The summed E-state index contributed by atoms with van der Waals surface area (Å²) in [6.07, 6.45) is 1.54. The predicted octanol–water partition coefficient (Wildman–Crippen LogP) is 1.75. The molecule has 0 saturated carbocycles. The van der Waals surface area contributed by atoms with Crippen LogP contribution in [-0.2, 0) is 17.8 Å². The van der Waals surface area contributed by atoms with E-state index in [1.165, 1.54) is 18.2 Å². The molecule has 1 aromatic heterocycles. The van der Waals surface area contributed by atoms with E-state index >= 15 is 0 Å². The second kappa shape index (κ2) is 9.14. The maximum Gasteiger partial charge on any atom is 0.335 e. The van der Waals surface area contributed by atoms with Crippen molar-refractivity contribution in [2.24, 2.45) is 0 Å². The van der Waals surface area contributed by atoms with Crippen LogP contribution in [0, 0.1) is 5.82 Å². The lowest BCUT2D eigenvalue weighted by Crippen LogP contribution is -2.37. The molecule has 1 aromatic carbocycles. The van der Waals surface area contributed by atoms with Crippen molar-refractivity contribution in [3.63, 3.8) is 0 Å². The number of pyridine rings is 1. The van der Waals surface area contributed by atoms with Crippen molar-refractivity contribution < 1.29 is 23.8 Å². The SMILES string of the molecule is O=C(NCc1ccc(C(=O)O)cc1)NCc1cnc(N2CCOCC2)c(F)c1. The first-order valence-corrected chi connectivity index (χ1v) is 8.84. The maximum atomic E-state index is 14.3. The molecule has 1 aliphatic rings. The molecule has 0 bridgehead atoms. The zero-order valence-corrected chi connectivity index (χ0v) is 15.2. The molecule has 0 radical (unpaired) electrons. The summed E-state index contributed by atoms with van der Waals surface area (Å²) in [5, 5.41) is 14.2. The first kappa shape index (κ1) is 19.6. The number of amides is 2. The number of carboxylic acid groups (broad SMARTS) is 1. The molecule has 2 aromatic rings. The second-order valence-corrected chi connectivity index (χ2v) is 6.29. The molecule has 1 aliphatic heterocycles. The van der Waals surface area contributed by atoms with E-state index < -0.39 is 17.8 Å². The number of morpholine rings is 1. The molecule has 1 fully saturated rings. The number of carbonyl (C=O) groups excluding carboxylic acids is 1. The third-order valence-corrected chi connectivity index (χ3v) is 4.30. The molecule has 3 N–H and O–H groups in total. The minimum atomic E-state index is -1.00. The molecule has 3 rings (SSSR count). The molecule has 28 heavy (non-hydrogen) atoms. The third-order valence-electron chi connectivity index (χ3n) is 4.30. The minimum absolute atomic E-state index is 0.136. The van der Waals surface area contributed by atoms with E-state index in [-0.39, 0.29) is 18.7 Å². The lowest BCUT2D eigenvalue weighted by atomic mass is 10.1. The quantitative estimate of drug-likeness (QED) is 0.697. The molecule has 0 spiro atoms. The Hall–Kier alpha value is -3.20. The van der Waals surface area contributed by atoms with Crippen LogP contribution in [0.3, 0.4) is 0 Å². The molecule has 9 heteroatoms. The van der Waals surface area contributed by atoms with Gasteiger partial charge in [-0.2, -0.15) is 0 Å². The highest BCUT2D eigenvalue weighted by molar-refractivity contribution is 5.87. The van der Waals surface area contributed by atoms with Crippen molar-refractivity contribution in [3.8, 4) is 0 Å². The van der Waals surface area contributed by atoms with Crippen LogP contribution in [0.25, 0.3) is 0 Å². The Morgan fingerprint density at radius 1 is 1.11 bits per heavy atom. The average molecular weight is 388 g/mol. The van der Waals surface area contributed by atoms with E-state index in [0.29, 0.717) is 37.7 Å². The van der Waals surface area contributed by atoms with Crippen LogP contribution in [-0.4, -0.2) is 48.4 Å². The third kappa shape index (κ3) is 5.17. The van der Waals surface area contributed by atoms with E-state index in [9.17, 15) is 14.0 Å². The Morgan fingerprint density at radius 2 is 1.75 bits per heavy atom. The fourth-order valence-electron chi connectivity index (χ4n) is 2.77. The number of carbonyl (C=O) groups is 2. The van der Waals surface area contributed by atoms with Crippen molar-refractivity contribution in [1.82, 2.24) is 15.6 Å². The summed E-state index contributed by atoms with van der Waals surface area (Å²) in [6, 6.07) is 7.16. The number of benzene rings is 1. The van der Waals surface area contributed by atoms with E-state index in [2.05, 4.69) is 15.6 Å². The lowest BCUT2D eigenvalue weighted by molar-refractivity contribution is 0.0697. The molecule has 0 unspecified atom stereocenters. The van der Waals surface area contributed by atoms with Crippen LogP contribution in [0.4, 0.5) is 15.0 Å². The number of aromatic carboxylic acids is 1. The minimum Gasteiger partial charge on any atom is -0.478 e. The molecule has 1 saturated heterocycles. The largest absolute Gasteiger partial charge is 0.478 e. The number of anilines is 1. The van der Waals surface area contributed by atoms with Gasteiger partial charge in [-0.25, -0.2) is 19.0 Å². The summed E-state index contributed by atoms with van der Waals surface area (Å²) in [4.78, 5) is 28.7. The van der Waals surface area contributed by atoms with Gasteiger partial charge in [0.1, 0.15) is 0 Å². The van der Waals surface area contributed by atoms with Gasteiger partial charge in [-0.15, -0.1) is 0 Å². The predicted molar refractivity (Wildman–Crippen MR) is 99.7 cm³/mol. The summed E-state index contributed by atoms with van der Waals surface area (Å²) in [7, 11) is 0. The van der Waals surface area contributed by atoms with Gasteiger partial charge in [-0.05, 0) is 29.3 Å². The summed E-state index contributed by atoms with van der Waals surface area (Å²) < 4.78 is 19.6. The van der Waals surface area contributed by atoms with Gasteiger partial charge in [0, 0.05) is 32.4 Å². The number of nitrogens with zero attached hydrogens (tertiary/aromatic N) is 2. The maximum absolute atomic E-state index is 14.3. The van der Waals surface area contributed by atoms with Gasteiger partial charge in [0.2, 0.25) is 0 Å². The van der Waals surface area contributed by atoms with Crippen molar-refractivity contribution in [2.75, 3.05) is 31.2 Å². The molecule has 2 amide bonds. The van der Waals surface area contributed by atoms with E-state index in [0.717, 1.165) is 5.56 Å². The standard InChI is InChI=1S/C19H21FN4O4/c20-16-9-14(11-21-17(16)24-5-7-28-8-6-24)12-23-19(27)22-10-13-1-3-15(4-2-13)18(25)26/h1-4,9,11H,5-8,10,12H2,(H,25,26)(H2,22,23,27). The number of halogens is 1. The number of aromatic nitrogens is 1. The Labute approximate surface area is 161 Å². The van der Waals surface area contributed by atoms with Crippen LogP contribution >= 0.6 is 0 Å². The molecular formula is C19H21FN4O4. The van der Waals surface area contributed by atoms with Crippen LogP contribution in [0.5, 0.6) is 0 Å². The highest BCUT2D eigenvalue weighted by Gasteiger charge is 2.16. The Kier molecular flexibility index (Phi) is 6.38. The van der Waals surface area contributed by atoms with Crippen molar-refractivity contribution in [3.05, 3.63) is 59.0 Å². The van der Waals surface area contributed by atoms with Gasteiger partial charge in [0.25, 0.3) is 0 Å². The Morgan fingerprint density at radius 3 is 2.36 bits per heavy atom. The summed E-state index contributed by atoms with van der Waals surface area (Å²) in [5.74, 6) is -1.14. The monoisotopic (exact) mass is 388 g/mol.